The average molecular weight is 302 g/mol. The smallest absolute Gasteiger partial charge is 0.156 e. The topological polar surface area (TPSA) is 20.2 Å². The highest BCUT2D eigenvalue weighted by Gasteiger charge is 1.76. The minimum atomic E-state index is -0.680. The third-order valence-corrected chi connectivity index (χ3v) is 0. The average Bonchev–Trinajstić information content (AvgIpc) is 0.811. The molecule has 0 aromatic heterocycles. The Balaban J connectivity index is 2.32. The third-order valence-electron chi connectivity index (χ3n) is 0. The predicted octanol–water partition coefficient (Wildman–Crippen LogP) is 2.08. The summed E-state index contributed by atoms with van der Waals surface area (Å²) in [5.41, 5.74) is 0. The van der Waals surface area contributed by atoms with Gasteiger partial charge in [0.2, 0.25) is 0 Å². The van der Waals surface area contributed by atoms with Gasteiger partial charge in [0, 0.05) is 0 Å². The number of rotatable bonds is 0. The first-order valence-corrected chi connectivity index (χ1v) is 7.40. The van der Waals surface area contributed by atoms with E-state index in [1.54, 1.807) is 0 Å². The highest BCUT2D eigenvalue weighted by Crippen LogP contribution is 2.48. The largest absolute Gasteiger partial charge is 0.356 e. The molecule has 26 valence electrons. The Morgan fingerprint density at radius 3 is 1.50 bits per heavy atom. The summed E-state index contributed by atoms with van der Waals surface area (Å²) in [5, 5.41) is 0. The van der Waals surface area contributed by atoms with Crippen molar-refractivity contribution in [2.24, 2.45) is 0 Å². The summed E-state index contributed by atoms with van der Waals surface area (Å²) in [6, 6.07) is 0. The van der Waals surface area contributed by atoms with Crippen LogP contribution < -0.4 is 0 Å². The molecule has 0 saturated carbocycles. The van der Waals surface area contributed by atoms with Gasteiger partial charge >= 0.3 is 0 Å². The van der Waals surface area contributed by atoms with E-state index in [9.17, 15) is 0 Å². The molecule has 0 spiro atoms. The summed E-state index contributed by atoms with van der Waals surface area (Å²) < 4.78 is -0.680. The first-order valence-electron chi connectivity index (χ1n) is 0.538. The molecule has 0 aromatic carbocycles. The van der Waals surface area contributed by atoms with E-state index in [2.05, 4.69) is 0 Å². The van der Waals surface area contributed by atoms with Gasteiger partial charge in [0.05, 0.1) is 0 Å². The quantitative estimate of drug-likeness (QED) is 0.536. The molecular formula is HI2OP. The molecule has 0 rings (SSSR count). The van der Waals surface area contributed by atoms with Crippen LogP contribution in [-0.4, -0.2) is 4.89 Å². The van der Waals surface area contributed by atoms with Gasteiger partial charge in [-0.15, -0.1) is 0 Å². The molecule has 0 radical (unpaired) electrons. The molecule has 0 fully saturated rings. The molecule has 0 atom stereocenters. The zero-order valence-electron chi connectivity index (χ0n) is 1.65. The third kappa shape index (κ3) is 9.14. The molecule has 0 unspecified atom stereocenters. The van der Waals surface area contributed by atoms with Crippen LogP contribution in [-0.2, 0) is 0 Å². The summed E-state index contributed by atoms with van der Waals surface area (Å²) in [4.78, 5) is 8.09. The molecule has 1 N–H and O–H groups in total. The van der Waals surface area contributed by atoms with Crippen molar-refractivity contribution in [1.29, 1.82) is 0 Å². The minimum absolute atomic E-state index is 0.680. The van der Waals surface area contributed by atoms with E-state index in [1.165, 1.54) is 0 Å². The van der Waals surface area contributed by atoms with Gasteiger partial charge in [0.15, 0.2) is 3.43 Å². The van der Waals surface area contributed by atoms with Gasteiger partial charge in [0.25, 0.3) is 0 Å². The zero-order valence-corrected chi connectivity index (χ0v) is 6.86. The molecule has 0 saturated heterocycles. The fraction of sp³-hybridized carbons (Fsp3) is 0. The number of hydrogen-bond acceptors (Lipinski definition) is 1. The molecule has 0 amide bonds. The molecular weight excluding hydrogens is 301 g/mol. The van der Waals surface area contributed by atoms with Gasteiger partial charge in [-0.1, -0.05) is 0 Å². The van der Waals surface area contributed by atoms with Crippen LogP contribution in [0.15, 0.2) is 0 Å². The Morgan fingerprint density at radius 2 is 1.50 bits per heavy atom. The number of halogens is 2. The van der Waals surface area contributed by atoms with Gasteiger partial charge in [-0.25, -0.2) is 0 Å². The van der Waals surface area contributed by atoms with Crippen molar-refractivity contribution in [3.8, 4) is 0 Å². The highest BCUT2D eigenvalue weighted by atomic mass is 127. The Kier molecular flexibility index (Phi) is 4.47. The SMILES string of the molecule is OP(I)I. The van der Waals surface area contributed by atoms with E-state index in [1.807, 2.05) is 44.1 Å². The predicted molar refractivity (Wildman–Crippen MR) is 37.2 cm³/mol. The van der Waals surface area contributed by atoms with Gasteiger partial charge in [-0.05, 0) is 44.1 Å². The number of hydrogen-bond donors (Lipinski definition) is 1. The van der Waals surface area contributed by atoms with Crippen molar-refractivity contribution >= 4 is 47.5 Å². The van der Waals surface area contributed by atoms with Crippen molar-refractivity contribution < 1.29 is 4.89 Å². The lowest BCUT2D eigenvalue weighted by atomic mass is 15.9. The monoisotopic (exact) mass is 302 g/mol. The fourth-order valence-corrected chi connectivity index (χ4v) is 0. The first-order chi connectivity index (χ1) is 1.73. The molecule has 1 nitrogen and oxygen atoms in total. The second-order valence-electron chi connectivity index (χ2n) is 0.215. The molecule has 4 heteroatoms. The lowest BCUT2D eigenvalue weighted by molar-refractivity contribution is 0.660. The molecule has 0 heterocycles. The fourth-order valence-electron chi connectivity index (χ4n) is 0. The second kappa shape index (κ2) is 3.06. The van der Waals surface area contributed by atoms with E-state index < -0.39 is 3.43 Å². The first kappa shape index (κ1) is 5.85. The Labute approximate surface area is 52.0 Å². The van der Waals surface area contributed by atoms with Gasteiger partial charge in [-0.3, -0.25) is 0 Å². The van der Waals surface area contributed by atoms with Crippen LogP contribution in [0.4, 0.5) is 0 Å². The van der Waals surface area contributed by atoms with Gasteiger partial charge < -0.3 is 4.89 Å². The van der Waals surface area contributed by atoms with Crippen molar-refractivity contribution in [2.75, 3.05) is 0 Å². The minimum Gasteiger partial charge on any atom is -0.356 e. The van der Waals surface area contributed by atoms with E-state index in [4.69, 9.17) is 4.89 Å². The molecule has 0 aromatic rings. The van der Waals surface area contributed by atoms with Crippen LogP contribution in [0.2, 0.25) is 0 Å². The zero-order chi connectivity index (χ0) is 3.58. The standard InChI is InChI=1S/HI2OP/c1-4(2)3/h3H. The summed E-state index contributed by atoms with van der Waals surface area (Å²) in [7, 11) is 0. The van der Waals surface area contributed by atoms with Crippen LogP contribution >= 0.6 is 47.5 Å². The molecule has 0 aliphatic carbocycles. The maximum atomic E-state index is 8.09. The molecule has 0 aliphatic rings. The van der Waals surface area contributed by atoms with E-state index in [0.29, 0.717) is 0 Å². The van der Waals surface area contributed by atoms with Crippen molar-refractivity contribution in [1.82, 2.24) is 0 Å². The van der Waals surface area contributed by atoms with Crippen LogP contribution in [0.3, 0.4) is 0 Å². The summed E-state index contributed by atoms with van der Waals surface area (Å²) in [6.45, 7) is 0. The molecule has 0 bridgehead atoms. The van der Waals surface area contributed by atoms with Crippen molar-refractivity contribution in [3.05, 3.63) is 0 Å². The van der Waals surface area contributed by atoms with Crippen LogP contribution in [0, 0.1) is 0 Å². The van der Waals surface area contributed by atoms with Gasteiger partial charge in [-0.2, -0.15) is 0 Å². The van der Waals surface area contributed by atoms with Gasteiger partial charge in [0.1, 0.15) is 0 Å². The Hall–Kier alpha value is 1.85. The van der Waals surface area contributed by atoms with E-state index in [0.717, 1.165) is 0 Å². The van der Waals surface area contributed by atoms with Crippen LogP contribution in [0.25, 0.3) is 0 Å². The molecule has 0 aliphatic heterocycles. The van der Waals surface area contributed by atoms with Crippen LogP contribution in [0.1, 0.15) is 0 Å². The lowest BCUT2D eigenvalue weighted by Crippen LogP contribution is -1.20. The maximum absolute atomic E-state index is 8.09. The van der Waals surface area contributed by atoms with E-state index >= 15 is 0 Å². The normalized spacial score (nSPS) is 9.00. The lowest BCUT2D eigenvalue weighted by Gasteiger charge is -1.73. The molecule has 4 heavy (non-hydrogen) atoms. The summed E-state index contributed by atoms with van der Waals surface area (Å²) in [6.07, 6.45) is 0. The van der Waals surface area contributed by atoms with Crippen molar-refractivity contribution in [3.63, 3.8) is 0 Å². The Bertz CT molecular complexity index is 10.8. The Morgan fingerprint density at radius 1 is 1.50 bits per heavy atom. The van der Waals surface area contributed by atoms with Crippen LogP contribution in [0.5, 0.6) is 0 Å². The summed E-state index contributed by atoms with van der Waals surface area (Å²) >= 11 is 3.90. The maximum Gasteiger partial charge on any atom is 0.156 e. The van der Waals surface area contributed by atoms with E-state index in [-0.39, 0.29) is 0 Å². The summed E-state index contributed by atoms with van der Waals surface area (Å²) in [5.74, 6) is 0. The second-order valence-corrected chi connectivity index (χ2v) is 11.7. The highest BCUT2D eigenvalue weighted by molar-refractivity contribution is 14.3. The van der Waals surface area contributed by atoms with Crippen molar-refractivity contribution in [2.45, 2.75) is 0 Å².